The van der Waals surface area contributed by atoms with Crippen LogP contribution in [0.1, 0.15) is 41.6 Å². The van der Waals surface area contributed by atoms with Crippen LogP contribution >= 0.6 is 11.6 Å². The Balaban J connectivity index is 1.34. The summed E-state index contributed by atoms with van der Waals surface area (Å²) in [5.74, 6) is 0.802. The third kappa shape index (κ3) is 6.19. The second kappa shape index (κ2) is 10.2. The Morgan fingerprint density at radius 2 is 2.06 bits per heavy atom. The zero-order valence-corrected chi connectivity index (χ0v) is 19.1. The molecule has 1 atom stereocenters. The number of sulfonamides is 1. The minimum atomic E-state index is -3.88. The van der Waals surface area contributed by atoms with Crippen LogP contribution in [0, 0.1) is 5.92 Å². The predicted molar refractivity (Wildman–Crippen MR) is 119 cm³/mol. The summed E-state index contributed by atoms with van der Waals surface area (Å²) in [6, 6.07) is 7.79. The number of carbonyl (C=O) groups excluding carboxylic acids is 1. The Kier molecular flexibility index (Phi) is 7.30. The lowest BCUT2D eigenvalue weighted by molar-refractivity contribution is 0.0950. The van der Waals surface area contributed by atoms with Crippen LogP contribution in [0.25, 0.3) is 0 Å². The zero-order valence-electron chi connectivity index (χ0n) is 17.6. The fourth-order valence-electron chi connectivity index (χ4n) is 3.31. The van der Waals surface area contributed by atoms with E-state index in [4.69, 9.17) is 21.1 Å². The first-order valence-corrected chi connectivity index (χ1v) is 12.5. The van der Waals surface area contributed by atoms with Crippen molar-refractivity contribution in [3.05, 3.63) is 52.7 Å². The van der Waals surface area contributed by atoms with Gasteiger partial charge in [-0.05, 0) is 55.4 Å². The van der Waals surface area contributed by atoms with Crippen LogP contribution in [0.4, 0.5) is 0 Å². The van der Waals surface area contributed by atoms with Gasteiger partial charge in [0.25, 0.3) is 5.91 Å². The quantitative estimate of drug-likeness (QED) is 0.542. The molecular formula is C22H26ClN3O5S. The van der Waals surface area contributed by atoms with Gasteiger partial charge < -0.3 is 14.8 Å². The maximum atomic E-state index is 12.7. The highest BCUT2D eigenvalue weighted by Crippen LogP contribution is 2.29. The minimum Gasteiger partial charge on any atom is -0.477 e. The van der Waals surface area contributed by atoms with E-state index in [0.29, 0.717) is 25.0 Å². The first-order chi connectivity index (χ1) is 15.4. The lowest BCUT2D eigenvalue weighted by Gasteiger charge is -2.13. The molecule has 1 unspecified atom stereocenters. The lowest BCUT2D eigenvalue weighted by atomic mass is 10.2. The van der Waals surface area contributed by atoms with E-state index in [1.165, 1.54) is 31.0 Å². The predicted octanol–water partition coefficient (Wildman–Crippen LogP) is 2.91. The van der Waals surface area contributed by atoms with E-state index in [0.717, 1.165) is 18.4 Å². The Labute approximate surface area is 192 Å². The molecule has 1 aromatic carbocycles. The van der Waals surface area contributed by atoms with Gasteiger partial charge in [0.15, 0.2) is 0 Å². The van der Waals surface area contributed by atoms with E-state index in [2.05, 4.69) is 15.0 Å². The molecule has 172 valence electrons. The molecule has 8 nitrogen and oxygen atoms in total. The van der Waals surface area contributed by atoms with E-state index in [-0.39, 0.29) is 34.7 Å². The van der Waals surface area contributed by atoms with Crippen molar-refractivity contribution in [2.24, 2.45) is 5.92 Å². The van der Waals surface area contributed by atoms with Crippen LogP contribution in [-0.2, 0) is 21.3 Å². The second-order valence-electron chi connectivity index (χ2n) is 8.07. The molecule has 1 aliphatic carbocycles. The molecule has 0 spiro atoms. The van der Waals surface area contributed by atoms with Crippen molar-refractivity contribution in [1.29, 1.82) is 0 Å². The molecule has 2 heterocycles. The topological polar surface area (TPSA) is 107 Å². The second-order valence-corrected chi connectivity index (χ2v) is 10.2. The number of rotatable bonds is 10. The highest BCUT2D eigenvalue weighted by molar-refractivity contribution is 7.89. The molecular weight excluding hydrogens is 454 g/mol. The number of nitrogens with one attached hydrogen (secondary N) is 2. The highest BCUT2D eigenvalue weighted by Gasteiger charge is 2.24. The van der Waals surface area contributed by atoms with Crippen LogP contribution < -0.4 is 14.8 Å². The van der Waals surface area contributed by atoms with Crippen molar-refractivity contribution in [3.63, 3.8) is 0 Å². The summed E-state index contributed by atoms with van der Waals surface area (Å²) in [5.41, 5.74) is 1.00. The van der Waals surface area contributed by atoms with Crippen molar-refractivity contribution < 1.29 is 22.7 Å². The summed E-state index contributed by atoms with van der Waals surface area (Å²) in [7, 11) is -3.88. The van der Waals surface area contributed by atoms with Crippen LogP contribution in [0.5, 0.6) is 5.88 Å². The van der Waals surface area contributed by atoms with E-state index in [1.54, 1.807) is 12.3 Å². The summed E-state index contributed by atoms with van der Waals surface area (Å²) in [6.45, 7) is 1.74. The number of amides is 1. The monoisotopic (exact) mass is 479 g/mol. The number of carbonyl (C=O) groups is 1. The summed E-state index contributed by atoms with van der Waals surface area (Å²) >= 11 is 6.12. The molecule has 1 saturated heterocycles. The van der Waals surface area contributed by atoms with Crippen LogP contribution in [0.15, 0.2) is 41.4 Å². The fraction of sp³-hybridized carbons (Fsp3) is 0.455. The van der Waals surface area contributed by atoms with Crippen molar-refractivity contribution in [2.75, 3.05) is 19.8 Å². The average Bonchev–Trinajstić information content (AvgIpc) is 3.47. The van der Waals surface area contributed by atoms with Gasteiger partial charge in [-0.1, -0.05) is 17.7 Å². The Hall–Kier alpha value is -2.20. The molecule has 2 aliphatic rings. The molecule has 2 N–H and O–H groups in total. The number of benzene rings is 1. The molecule has 1 aliphatic heterocycles. The van der Waals surface area contributed by atoms with Crippen LogP contribution in [-0.4, -0.2) is 45.2 Å². The third-order valence-electron chi connectivity index (χ3n) is 5.42. The highest BCUT2D eigenvalue weighted by atomic mass is 35.5. The first kappa shape index (κ1) is 23.0. The minimum absolute atomic E-state index is 0.0485. The molecule has 4 rings (SSSR count). The van der Waals surface area contributed by atoms with Crippen molar-refractivity contribution in [3.8, 4) is 5.88 Å². The number of aromatic nitrogens is 1. The fourth-order valence-corrected chi connectivity index (χ4v) is 4.90. The van der Waals surface area contributed by atoms with Crippen molar-refractivity contribution in [1.82, 2.24) is 15.0 Å². The average molecular weight is 480 g/mol. The van der Waals surface area contributed by atoms with Gasteiger partial charge in [-0.2, -0.15) is 0 Å². The molecule has 1 saturated carbocycles. The van der Waals surface area contributed by atoms with Crippen molar-refractivity contribution >= 4 is 27.5 Å². The standard InChI is InChI=1S/C22H26ClN3O5S/c23-19-7-6-17(10-20(19)32(28,29)26-13-18-2-1-9-30-18)22(27)25-12-16-5-8-21(24-11-16)31-14-15-3-4-15/h5-8,10-11,15,18,26H,1-4,9,12-14H2,(H,25,27). The van der Waals surface area contributed by atoms with Gasteiger partial charge in [0.05, 0.1) is 17.7 Å². The Bertz CT molecular complexity index is 1050. The van der Waals surface area contributed by atoms with E-state index < -0.39 is 15.9 Å². The molecule has 10 heteroatoms. The molecule has 0 radical (unpaired) electrons. The lowest BCUT2D eigenvalue weighted by Crippen LogP contribution is -2.32. The van der Waals surface area contributed by atoms with E-state index in [1.807, 2.05) is 6.07 Å². The Morgan fingerprint density at radius 3 is 2.75 bits per heavy atom. The SMILES string of the molecule is O=C(NCc1ccc(OCC2CC2)nc1)c1ccc(Cl)c(S(=O)(=O)NCC2CCCO2)c1. The van der Waals surface area contributed by atoms with Gasteiger partial charge in [0.1, 0.15) is 4.90 Å². The molecule has 1 aromatic heterocycles. The summed E-state index contributed by atoms with van der Waals surface area (Å²) in [4.78, 5) is 16.7. The van der Waals surface area contributed by atoms with Gasteiger partial charge in [0, 0.05) is 37.5 Å². The smallest absolute Gasteiger partial charge is 0.251 e. The normalized spacial score (nSPS) is 18.5. The Morgan fingerprint density at radius 1 is 1.22 bits per heavy atom. The maximum absolute atomic E-state index is 12.7. The number of ether oxygens (including phenoxy) is 2. The van der Waals surface area contributed by atoms with E-state index >= 15 is 0 Å². The van der Waals surface area contributed by atoms with Crippen LogP contribution in [0.2, 0.25) is 5.02 Å². The van der Waals surface area contributed by atoms with Gasteiger partial charge >= 0.3 is 0 Å². The molecule has 0 bridgehead atoms. The first-order valence-electron chi connectivity index (χ1n) is 10.7. The maximum Gasteiger partial charge on any atom is 0.251 e. The number of nitrogens with zero attached hydrogens (tertiary/aromatic N) is 1. The van der Waals surface area contributed by atoms with Gasteiger partial charge in [-0.15, -0.1) is 0 Å². The van der Waals surface area contributed by atoms with Crippen molar-refractivity contribution in [2.45, 2.75) is 43.2 Å². The van der Waals surface area contributed by atoms with Crippen LogP contribution in [0.3, 0.4) is 0 Å². The van der Waals surface area contributed by atoms with Gasteiger partial charge in [0.2, 0.25) is 15.9 Å². The summed E-state index contributed by atoms with van der Waals surface area (Å²) < 4.78 is 39.0. The molecule has 2 fully saturated rings. The number of hydrogen-bond acceptors (Lipinski definition) is 6. The number of hydrogen-bond donors (Lipinski definition) is 2. The third-order valence-corrected chi connectivity index (χ3v) is 7.33. The largest absolute Gasteiger partial charge is 0.477 e. The summed E-state index contributed by atoms with van der Waals surface area (Å²) in [5, 5.41) is 2.82. The van der Waals surface area contributed by atoms with Gasteiger partial charge in [-0.25, -0.2) is 18.1 Å². The van der Waals surface area contributed by atoms with E-state index in [9.17, 15) is 13.2 Å². The molecule has 32 heavy (non-hydrogen) atoms. The number of halogens is 1. The summed E-state index contributed by atoms with van der Waals surface area (Å²) in [6.07, 6.45) is 5.64. The van der Waals surface area contributed by atoms with Gasteiger partial charge in [-0.3, -0.25) is 4.79 Å². The molecule has 1 amide bonds. The zero-order chi connectivity index (χ0) is 22.6. The molecule has 2 aromatic rings. The number of pyridine rings is 1.